The molecular weight excluding hydrogens is 358 g/mol. The van der Waals surface area contributed by atoms with E-state index in [1.54, 1.807) is 0 Å². The van der Waals surface area contributed by atoms with Gasteiger partial charge in [-0.25, -0.2) is 0 Å². The molecule has 4 heteroatoms. The maximum absolute atomic E-state index is 10.2. The highest BCUT2D eigenvalue weighted by atomic mass is 35.5. The van der Waals surface area contributed by atoms with Crippen molar-refractivity contribution in [1.29, 1.82) is 0 Å². The third-order valence-corrected chi connectivity index (χ3v) is 4.71. The highest BCUT2D eigenvalue weighted by molar-refractivity contribution is 6.30. The molecule has 3 nitrogen and oxygen atoms in total. The summed E-state index contributed by atoms with van der Waals surface area (Å²) in [5, 5.41) is 9.20. The fourth-order valence-electron chi connectivity index (χ4n) is 2.78. The van der Waals surface area contributed by atoms with E-state index < -0.39 is 5.97 Å². The van der Waals surface area contributed by atoms with Gasteiger partial charge in [0, 0.05) is 11.4 Å². The maximum atomic E-state index is 10.2. The van der Waals surface area contributed by atoms with Crippen molar-refractivity contribution in [3.05, 3.63) is 59.6 Å². The van der Waals surface area contributed by atoms with Gasteiger partial charge in [-0.15, -0.1) is 0 Å². The lowest BCUT2D eigenvalue weighted by molar-refractivity contribution is -0.137. The van der Waals surface area contributed by atoms with E-state index in [1.165, 1.54) is 17.5 Å². The molecule has 0 amide bonds. The van der Waals surface area contributed by atoms with Gasteiger partial charge in [-0.3, -0.25) is 4.79 Å². The number of aliphatic carboxylic acids is 1. The van der Waals surface area contributed by atoms with Crippen LogP contribution in [0.1, 0.15) is 46.0 Å². The molecule has 2 rings (SSSR count). The molecule has 0 spiro atoms. The molecule has 0 aliphatic carbocycles. The molecule has 1 N–H and O–H groups in total. The number of hydrogen-bond donors (Lipinski definition) is 1. The third kappa shape index (κ3) is 10.8. The van der Waals surface area contributed by atoms with Gasteiger partial charge >= 0.3 is 5.97 Å². The molecule has 0 saturated carbocycles. The van der Waals surface area contributed by atoms with Gasteiger partial charge < -0.3 is 10.0 Å². The predicted octanol–water partition coefficient (Wildman–Crippen LogP) is 6.37. The van der Waals surface area contributed by atoms with Crippen LogP contribution in [0.25, 0.3) is 11.1 Å². The molecule has 0 aliphatic heterocycles. The van der Waals surface area contributed by atoms with Crippen LogP contribution >= 0.6 is 11.6 Å². The number of unbranched alkanes of at least 4 members (excludes halogenated alkanes) is 3. The Kier molecular flexibility index (Phi) is 12.2. The zero-order valence-electron chi connectivity index (χ0n) is 16.5. The smallest absolute Gasteiger partial charge is 0.303 e. The Labute approximate surface area is 169 Å². The van der Waals surface area contributed by atoms with Gasteiger partial charge in [0.1, 0.15) is 0 Å². The second-order valence-corrected chi connectivity index (χ2v) is 6.89. The van der Waals surface area contributed by atoms with Gasteiger partial charge in [0.25, 0.3) is 0 Å². The molecule has 27 heavy (non-hydrogen) atoms. The summed E-state index contributed by atoms with van der Waals surface area (Å²) in [5.41, 5.74) is 2.42. The van der Waals surface area contributed by atoms with Crippen molar-refractivity contribution >= 4 is 17.6 Å². The summed E-state index contributed by atoms with van der Waals surface area (Å²) in [5.74, 6) is -0.672. The summed E-state index contributed by atoms with van der Waals surface area (Å²) < 4.78 is 0. The molecule has 0 unspecified atom stereocenters. The fraction of sp³-hybridized carbons (Fsp3) is 0.435. The highest BCUT2D eigenvalue weighted by Crippen LogP contribution is 2.20. The Bertz CT molecular complexity index is 625. The number of nitrogens with zero attached hydrogens (tertiary/aromatic N) is 1. The molecule has 0 fully saturated rings. The predicted molar refractivity (Wildman–Crippen MR) is 115 cm³/mol. The standard InChI is InChI=1S/C12H9Cl.C11H23NO2/c13-12-8-6-11(7-9-12)10-4-2-1-3-5-10;1-3-12(4-2)10-8-6-5-7-9-11(13)14/h1-9H;3-10H2,1-2H3,(H,13,14). The molecule has 0 radical (unpaired) electrons. The van der Waals surface area contributed by atoms with Crippen LogP contribution in [-0.4, -0.2) is 35.6 Å². The normalized spacial score (nSPS) is 10.4. The SMILES string of the molecule is CCN(CC)CCCCCCC(=O)O.Clc1ccc(-c2ccccc2)cc1. The Morgan fingerprint density at radius 3 is 1.96 bits per heavy atom. The second-order valence-electron chi connectivity index (χ2n) is 6.46. The molecule has 0 aromatic heterocycles. The summed E-state index contributed by atoms with van der Waals surface area (Å²) in [6.45, 7) is 7.74. The lowest BCUT2D eigenvalue weighted by Crippen LogP contribution is -2.23. The number of rotatable bonds is 10. The van der Waals surface area contributed by atoms with Gasteiger partial charge in [0.15, 0.2) is 0 Å². The van der Waals surface area contributed by atoms with Crippen molar-refractivity contribution in [2.45, 2.75) is 46.0 Å². The number of carboxylic acid groups (broad SMARTS) is 1. The van der Waals surface area contributed by atoms with E-state index in [0.717, 1.165) is 43.9 Å². The van der Waals surface area contributed by atoms with E-state index in [2.05, 4.69) is 30.9 Å². The lowest BCUT2D eigenvalue weighted by Gasteiger charge is -2.17. The molecule has 2 aromatic carbocycles. The first-order chi connectivity index (χ1) is 13.1. The van der Waals surface area contributed by atoms with E-state index in [0.29, 0.717) is 6.42 Å². The van der Waals surface area contributed by atoms with Gasteiger partial charge in [-0.2, -0.15) is 0 Å². The van der Waals surface area contributed by atoms with Crippen LogP contribution in [0.2, 0.25) is 5.02 Å². The van der Waals surface area contributed by atoms with Gasteiger partial charge in [-0.05, 0) is 55.7 Å². The topological polar surface area (TPSA) is 40.5 Å². The molecule has 0 bridgehead atoms. The number of benzene rings is 2. The lowest BCUT2D eigenvalue weighted by atomic mass is 10.1. The highest BCUT2D eigenvalue weighted by Gasteiger charge is 1.99. The average Bonchev–Trinajstić information content (AvgIpc) is 2.69. The van der Waals surface area contributed by atoms with Crippen molar-refractivity contribution in [2.24, 2.45) is 0 Å². The number of carbonyl (C=O) groups is 1. The van der Waals surface area contributed by atoms with Crippen molar-refractivity contribution in [1.82, 2.24) is 4.90 Å². The molecule has 0 atom stereocenters. The number of hydrogen-bond acceptors (Lipinski definition) is 2. The summed E-state index contributed by atoms with van der Waals surface area (Å²) in [6.07, 6.45) is 4.55. The van der Waals surface area contributed by atoms with Gasteiger partial charge in [-0.1, -0.05) is 80.8 Å². The first-order valence-corrected chi connectivity index (χ1v) is 10.2. The Morgan fingerprint density at radius 2 is 1.41 bits per heavy atom. The van der Waals surface area contributed by atoms with Gasteiger partial charge in [0.2, 0.25) is 0 Å². The first kappa shape index (κ1) is 23.2. The van der Waals surface area contributed by atoms with Crippen molar-refractivity contribution in [3.63, 3.8) is 0 Å². The van der Waals surface area contributed by atoms with Crippen molar-refractivity contribution in [2.75, 3.05) is 19.6 Å². The number of carboxylic acids is 1. The Balaban J connectivity index is 0.000000270. The third-order valence-electron chi connectivity index (χ3n) is 4.46. The van der Waals surface area contributed by atoms with Crippen LogP contribution in [0, 0.1) is 0 Å². The van der Waals surface area contributed by atoms with E-state index >= 15 is 0 Å². The largest absolute Gasteiger partial charge is 0.481 e. The zero-order chi connectivity index (χ0) is 19.9. The molecule has 0 heterocycles. The minimum Gasteiger partial charge on any atom is -0.481 e. The summed E-state index contributed by atoms with van der Waals surface area (Å²) in [4.78, 5) is 12.6. The van der Waals surface area contributed by atoms with Crippen LogP contribution in [0.15, 0.2) is 54.6 Å². The second kappa shape index (κ2) is 14.2. The van der Waals surface area contributed by atoms with Crippen LogP contribution < -0.4 is 0 Å². The van der Waals surface area contributed by atoms with Crippen LogP contribution in [0.4, 0.5) is 0 Å². The molecular formula is C23H32ClNO2. The van der Waals surface area contributed by atoms with Crippen LogP contribution in [0.5, 0.6) is 0 Å². The molecule has 148 valence electrons. The van der Waals surface area contributed by atoms with E-state index in [1.807, 2.05) is 42.5 Å². The summed E-state index contributed by atoms with van der Waals surface area (Å²) in [6, 6.07) is 18.1. The van der Waals surface area contributed by atoms with Crippen LogP contribution in [0.3, 0.4) is 0 Å². The fourth-order valence-corrected chi connectivity index (χ4v) is 2.90. The van der Waals surface area contributed by atoms with Crippen molar-refractivity contribution < 1.29 is 9.90 Å². The Morgan fingerprint density at radius 1 is 0.852 bits per heavy atom. The van der Waals surface area contributed by atoms with Crippen LogP contribution in [-0.2, 0) is 4.79 Å². The monoisotopic (exact) mass is 389 g/mol. The number of halogens is 1. The first-order valence-electron chi connectivity index (χ1n) is 9.82. The Hall–Kier alpha value is -1.84. The summed E-state index contributed by atoms with van der Waals surface area (Å²) in [7, 11) is 0. The maximum Gasteiger partial charge on any atom is 0.303 e. The zero-order valence-corrected chi connectivity index (χ0v) is 17.3. The molecule has 0 saturated heterocycles. The average molecular weight is 390 g/mol. The van der Waals surface area contributed by atoms with E-state index in [4.69, 9.17) is 16.7 Å². The molecule has 0 aliphatic rings. The quantitative estimate of drug-likeness (QED) is 0.480. The van der Waals surface area contributed by atoms with Gasteiger partial charge in [0.05, 0.1) is 0 Å². The van der Waals surface area contributed by atoms with E-state index in [9.17, 15) is 4.79 Å². The summed E-state index contributed by atoms with van der Waals surface area (Å²) >= 11 is 5.80. The minimum atomic E-state index is -0.672. The minimum absolute atomic E-state index is 0.325. The van der Waals surface area contributed by atoms with Crippen molar-refractivity contribution in [3.8, 4) is 11.1 Å². The van der Waals surface area contributed by atoms with E-state index in [-0.39, 0.29) is 0 Å². The molecule has 2 aromatic rings.